The Hall–Kier alpha value is -3.27. The molecule has 0 saturated carbocycles. The van der Waals surface area contributed by atoms with Crippen LogP contribution in [-0.4, -0.2) is 15.9 Å². The number of furan rings is 1. The average Bonchev–Trinajstić information content (AvgIpc) is 3.50. The molecule has 1 radical (unpaired) electrons. The first-order valence-electron chi connectivity index (χ1n) is 20.9. The molecule has 5 aromatic rings. The predicted octanol–water partition coefficient (Wildman–Crippen LogP) is 13.1. The molecular weight excluding hydrogens is 807 g/mol. The number of aromatic nitrogens is 1. The van der Waals surface area contributed by atoms with Gasteiger partial charge < -0.3 is 9.52 Å². The molecule has 1 aliphatic carbocycles. The quantitative estimate of drug-likeness (QED) is 0.0958. The van der Waals surface area contributed by atoms with Gasteiger partial charge in [0.2, 0.25) is 0 Å². The fourth-order valence-electron chi connectivity index (χ4n) is 7.34. The second-order valence-corrected chi connectivity index (χ2v) is 16.3. The molecule has 0 atom stereocenters. The van der Waals surface area contributed by atoms with E-state index < -0.39 is 5.41 Å². The number of aliphatic hydroxyl groups is 1. The number of hydrogen-bond acceptors (Lipinski definition) is 4. The molecule has 275 valence electrons. The zero-order valence-electron chi connectivity index (χ0n) is 37.3. The van der Waals surface area contributed by atoms with Gasteiger partial charge in [0, 0.05) is 63.4 Å². The summed E-state index contributed by atoms with van der Waals surface area (Å²) in [5, 5.41) is 12.3. The average molecular weight is 870 g/mol. The summed E-state index contributed by atoms with van der Waals surface area (Å²) < 4.78 is 49.7. The number of aliphatic hydroxyl groups excluding tert-OH is 1. The number of carbonyl (C=O) groups is 1. The first-order chi connectivity index (χ1) is 25.6. The molecule has 0 fully saturated rings. The van der Waals surface area contributed by atoms with Crippen LogP contribution in [0.2, 0.25) is 0 Å². The van der Waals surface area contributed by atoms with E-state index in [1.54, 1.807) is 6.20 Å². The molecule has 2 heterocycles. The Bertz CT molecular complexity index is 2310. The summed E-state index contributed by atoms with van der Waals surface area (Å²) >= 11 is 0. The van der Waals surface area contributed by atoms with Crippen molar-refractivity contribution in [2.45, 2.75) is 131 Å². The van der Waals surface area contributed by atoms with Gasteiger partial charge in [0.15, 0.2) is 5.78 Å². The van der Waals surface area contributed by atoms with E-state index in [-0.39, 0.29) is 89.9 Å². The number of benzene rings is 3. The summed E-state index contributed by atoms with van der Waals surface area (Å²) in [6.45, 7) is 23.1. The number of pyridine rings is 1. The van der Waals surface area contributed by atoms with Crippen molar-refractivity contribution in [2.24, 2.45) is 11.8 Å². The van der Waals surface area contributed by atoms with Gasteiger partial charge in [-0.25, -0.2) is 0 Å². The molecule has 1 N–H and O–H groups in total. The standard InChI is InChI=1S/C33H34NO.C13H24O2.Ir/c1-31(2,3)25-17-21(16-20-10-8-9-11-22(20)25)29-30-23(12-15-34-29)24-18-26-27(19-28(24)35-30)33(6,7)14-13-32(26,4)5;1-5-10(6-2)12(14)9-13(15)11(7-3)8-4;/h8-12,15,17-19H,13-14H2,1-7H3;9-11,14H,5-8H2,1-4H3;/q-1;;/b;12-9-;/i8D,9D,10D,11D,17D;;. The number of rotatable bonds is 8. The molecule has 0 aliphatic heterocycles. The van der Waals surface area contributed by atoms with Gasteiger partial charge in [-0.2, -0.15) is 0 Å². The van der Waals surface area contributed by atoms with Gasteiger partial charge in [0.1, 0.15) is 11.2 Å². The first kappa shape index (κ1) is 33.6. The maximum Gasteiger partial charge on any atom is 0.162 e. The van der Waals surface area contributed by atoms with Crippen LogP contribution in [0.1, 0.15) is 138 Å². The van der Waals surface area contributed by atoms with E-state index in [1.807, 2.05) is 54.5 Å². The summed E-state index contributed by atoms with van der Waals surface area (Å²) in [6.07, 6.45) is 8.83. The monoisotopic (exact) mass is 870 g/mol. The van der Waals surface area contributed by atoms with E-state index in [0.717, 1.165) is 54.9 Å². The van der Waals surface area contributed by atoms with Crippen LogP contribution in [0, 0.1) is 17.9 Å². The van der Waals surface area contributed by atoms with Crippen LogP contribution in [0.3, 0.4) is 0 Å². The van der Waals surface area contributed by atoms with E-state index in [4.69, 9.17) is 9.90 Å². The van der Waals surface area contributed by atoms with Gasteiger partial charge in [-0.15, -0.1) is 29.1 Å². The Balaban J connectivity index is 0.000000372. The van der Waals surface area contributed by atoms with Crippen molar-refractivity contribution in [2.75, 3.05) is 0 Å². The van der Waals surface area contributed by atoms with Gasteiger partial charge in [0.05, 0.1) is 9.87 Å². The van der Waals surface area contributed by atoms with Crippen LogP contribution in [0.4, 0.5) is 0 Å². The normalized spacial score (nSPS) is 16.9. The van der Waals surface area contributed by atoms with Crippen LogP contribution in [0.5, 0.6) is 0 Å². The minimum absolute atomic E-state index is 0. The van der Waals surface area contributed by atoms with E-state index in [2.05, 4.69) is 50.9 Å². The van der Waals surface area contributed by atoms with Crippen LogP contribution in [0.25, 0.3) is 44.0 Å². The number of nitrogens with zero attached hydrogens (tertiary/aromatic N) is 1. The van der Waals surface area contributed by atoms with Crippen molar-refractivity contribution in [1.82, 2.24) is 4.98 Å². The molecule has 0 amide bonds. The molecule has 1 aliphatic rings. The Kier molecular flexibility index (Phi) is 10.4. The Morgan fingerprint density at radius 3 is 2.12 bits per heavy atom. The molecule has 51 heavy (non-hydrogen) atoms. The van der Waals surface area contributed by atoms with Crippen molar-refractivity contribution in [1.29, 1.82) is 0 Å². The Morgan fingerprint density at radius 2 is 1.53 bits per heavy atom. The summed E-state index contributed by atoms with van der Waals surface area (Å²) in [4.78, 5) is 16.4. The fourth-order valence-corrected chi connectivity index (χ4v) is 7.34. The van der Waals surface area contributed by atoms with E-state index in [1.165, 1.54) is 17.2 Å². The summed E-state index contributed by atoms with van der Waals surface area (Å²) in [7, 11) is 0. The van der Waals surface area contributed by atoms with Crippen molar-refractivity contribution in [3.05, 3.63) is 89.2 Å². The third-order valence-corrected chi connectivity index (χ3v) is 10.9. The first-order valence-corrected chi connectivity index (χ1v) is 18.4. The van der Waals surface area contributed by atoms with Crippen molar-refractivity contribution in [3.8, 4) is 11.3 Å². The Labute approximate surface area is 326 Å². The molecule has 0 saturated heterocycles. The van der Waals surface area contributed by atoms with Crippen LogP contribution in [-0.2, 0) is 41.1 Å². The van der Waals surface area contributed by atoms with Gasteiger partial charge in [-0.05, 0) is 84.1 Å². The van der Waals surface area contributed by atoms with E-state index in [9.17, 15) is 11.3 Å². The SMILES string of the molecule is CCC(CC)C(=O)/C=C(\O)C(CC)CC.[2H]c1c([2H])c([2H])c2c(C(C)(C)C)c([2H])c(-c3nccc4c3oc3cc5c(cc34)C(C)(C)CCC5(C)C)[c-]c2c1[2H].[Ir]. The molecule has 5 heteroatoms. The molecule has 0 unspecified atom stereocenters. The fraction of sp³-hybridized carbons (Fsp3) is 0.478. The van der Waals surface area contributed by atoms with Crippen LogP contribution >= 0.6 is 0 Å². The topological polar surface area (TPSA) is 63.3 Å². The van der Waals surface area contributed by atoms with Gasteiger partial charge in [-0.3, -0.25) is 9.78 Å². The second kappa shape index (κ2) is 15.8. The third-order valence-electron chi connectivity index (χ3n) is 10.9. The molecule has 6 rings (SSSR count). The molecular formula is C46H58IrNO3-. The van der Waals surface area contributed by atoms with Crippen molar-refractivity contribution < 1.29 is 41.3 Å². The molecule has 4 nitrogen and oxygen atoms in total. The maximum absolute atomic E-state index is 11.7. The van der Waals surface area contributed by atoms with E-state index >= 15 is 0 Å². The summed E-state index contributed by atoms with van der Waals surface area (Å²) in [5.41, 5.74) is 4.84. The minimum Gasteiger partial charge on any atom is -0.512 e. The number of hydrogen-bond donors (Lipinski definition) is 1. The largest absolute Gasteiger partial charge is 0.512 e. The maximum atomic E-state index is 11.7. The molecule has 0 bridgehead atoms. The minimum atomic E-state index is -0.574. The van der Waals surface area contributed by atoms with Crippen molar-refractivity contribution in [3.63, 3.8) is 0 Å². The van der Waals surface area contributed by atoms with E-state index in [0.29, 0.717) is 27.8 Å². The molecule has 2 aromatic heterocycles. The number of fused-ring (bicyclic) bond motifs is 5. The zero-order chi connectivity index (χ0) is 40.9. The van der Waals surface area contributed by atoms with Gasteiger partial charge in [-0.1, -0.05) is 105 Å². The second-order valence-electron chi connectivity index (χ2n) is 16.3. The molecule has 0 spiro atoms. The van der Waals surface area contributed by atoms with Crippen LogP contribution < -0.4 is 0 Å². The number of carbonyl (C=O) groups excluding carboxylic acids is 1. The molecule has 3 aromatic carbocycles. The zero-order valence-corrected chi connectivity index (χ0v) is 34.7. The third kappa shape index (κ3) is 8.21. The van der Waals surface area contributed by atoms with Gasteiger partial charge >= 0.3 is 0 Å². The number of ketones is 1. The van der Waals surface area contributed by atoms with Crippen LogP contribution in [0.15, 0.2) is 70.9 Å². The summed E-state index contributed by atoms with van der Waals surface area (Å²) in [6, 6.07) is 8.79. The van der Waals surface area contributed by atoms with Gasteiger partial charge in [0.25, 0.3) is 0 Å². The Morgan fingerprint density at radius 1 is 0.941 bits per heavy atom. The smallest absolute Gasteiger partial charge is 0.162 e. The van der Waals surface area contributed by atoms with Crippen molar-refractivity contribution >= 4 is 38.5 Å². The predicted molar refractivity (Wildman–Crippen MR) is 211 cm³/mol. The number of allylic oxidation sites excluding steroid dienone is 2. The summed E-state index contributed by atoms with van der Waals surface area (Å²) in [5.74, 6) is 0.547.